The molecule has 0 N–H and O–H groups in total. The number of carbonyl (C=O) groups is 1. The Labute approximate surface area is 212 Å². The standard InChI is InChI=1S/C26H50O9/c1-2-3-4-5-6-7-10-25(27)33-23-21-31-19-17-29-15-13-28-14-16-30-18-20-32-22-24-35-26-11-8-9-12-34-26/h26H,2-24H2,1H3. The molecule has 1 atom stereocenters. The second-order valence-electron chi connectivity index (χ2n) is 8.47. The monoisotopic (exact) mass is 506 g/mol. The highest BCUT2D eigenvalue weighted by Crippen LogP contribution is 2.13. The van der Waals surface area contributed by atoms with E-state index in [-0.39, 0.29) is 12.3 Å². The largest absolute Gasteiger partial charge is 0.463 e. The molecule has 1 aliphatic rings. The highest BCUT2D eigenvalue weighted by Gasteiger charge is 2.13. The van der Waals surface area contributed by atoms with Crippen molar-refractivity contribution in [3.05, 3.63) is 0 Å². The third-order valence-corrected chi connectivity index (χ3v) is 5.38. The summed E-state index contributed by atoms with van der Waals surface area (Å²) >= 11 is 0. The Morgan fingerprint density at radius 3 is 1.71 bits per heavy atom. The fourth-order valence-corrected chi connectivity index (χ4v) is 3.40. The van der Waals surface area contributed by atoms with Gasteiger partial charge in [0, 0.05) is 13.0 Å². The molecule has 1 rings (SSSR count). The van der Waals surface area contributed by atoms with Crippen LogP contribution in [0.25, 0.3) is 0 Å². The minimum absolute atomic E-state index is 0.0619. The molecule has 35 heavy (non-hydrogen) atoms. The predicted octanol–water partition coefficient (Wildman–Crippen LogP) is 3.91. The Balaban J connectivity index is 1.66. The summed E-state index contributed by atoms with van der Waals surface area (Å²) in [4.78, 5) is 11.6. The van der Waals surface area contributed by atoms with E-state index >= 15 is 0 Å². The van der Waals surface area contributed by atoms with Gasteiger partial charge in [-0.2, -0.15) is 0 Å². The van der Waals surface area contributed by atoms with Crippen molar-refractivity contribution in [2.45, 2.75) is 77.4 Å². The molecule has 0 bridgehead atoms. The summed E-state index contributed by atoms with van der Waals surface area (Å²) in [6.07, 6.45) is 10.7. The van der Waals surface area contributed by atoms with Gasteiger partial charge in [-0.1, -0.05) is 39.0 Å². The molecule has 0 aromatic rings. The van der Waals surface area contributed by atoms with Crippen LogP contribution in [0.1, 0.15) is 71.1 Å². The molecule has 1 aliphatic heterocycles. The zero-order valence-corrected chi connectivity index (χ0v) is 22.0. The Morgan fingerprint density at radius 1 is 0.657 bits per heavy atom. The maximum atomic E-state index is 11.6. The summed E-state index contributed by atoms with van der Waals surface area (Å²) in [6, 6.07) is 0. The zero-order valence-electron chi connectivity index (χ0n) is 22.0. The molecule has 1 heterocycles. The van der Waals surface area contributed by atoms with Crippen molar-refractivity contribution in [3.8, 4) is 0 Å². The predicted molar refractivity (Wildman–Crippen MR) is 133 cm³/mol. The lowest BCUT2D eigenvalue weighted by atomic mass is 10.1. The van der Waals surface area contributed by atoms with Gasteiger partial charge in [0.15, 0.2) is 6.29 Å². The molecule has 0 amide bonds. The summed E-state index contributed by atoms with van der Waals surface area (Å²) in [6.45, 7) is 8.86. The van der Waals surface area contributed by atoms with Crippen LogP contribution in [0.4, 0.5) is 0 Å². The summed E-state index contributed by atoms with van der Waals surface area (Å²) in [5.74, 6) is -0.135. The van der Waals surface area contributed by atoms with Gasteiger partial charge >= 0.3 is 5.97 Å². The number of hydrogen-bond donors (Lipinski definition) is 0. The van der Waals surface area contributed by atoms with Crippen molar-refractivity contribution in [2.75, 3.05) is 85.9 Å². The first-order valence-electron chi connectivity index (χ1n) is 13.6. The van der Waals surface area contributed by atoms with Crippen molar-refractivity contribution < 1.29 is 42.7 Å². The van der Waals surface area contributed by atoms with Gasteiger partial charge in [-0.15, -0.1) is 0 Å². The van der Waals surface area contributed by atoms with Gasteiger partial charge in [0.05, 0.1) is 72.7 Å². The SMILES string of the molecule is CCCCCCCCC(=O)OCCOCCOCCOCCOCCOCCOC1CCCCO1. The molecule has 0 aromatic carbocycles. The average molecular weight is 507 g/mol. The van der Waals surface area contributed by atoms with E-state index in [0.29, 0.717) is 85.7 Å². The highest BCUT2D eigenvalue weighted by atomic mass is 16.7. The maximum absolute atomic E-state index is 11.6. The van der Waals surface area contributed by atoms with E-state index in [1.165, 1.54) is 32.1 Å². The van der Waals surface area contributed by atoms with Crippen molar-refractivity contribution in [2.24, 2.45) is 0 Å². The van der Waals surface area contributed by atoms with Crippen LogP contribution in [0, 0.1) is 0 Å². The smallest absolute Gasteiger partial charge is 0.305 e. The first-order valence-corrected chi connectivity index (χ1v) is 13.6. The Hall–Kier alpha value is -0.810. The molecule has 0 spiro atoms. The molecule has 208 valence electrons. The molecule has 0 saturated carbocycles. The summed E-state index contributed by atoms with van der Waals surface area (Å²) in [5.41, 5.74) is 0. The lowest BCUT2D eigenvalue weighted by molar-refractivity contribution is -0.169. The van der Waals surface area contributed by atoms with Crippen LogP contribution in [0.3, 0.4) is 0 Å². The Kier molecular flexibility index (Phi) is 24.2. The normalized spacial score (nSPS) is 16.0. The summed E-state index contributed by atoms with van der Waals surface area (Å²) < 4.78 is 43.5. The molecule has 9 heteroatoms. The molecule has 1 saturated heterocycles. The molecule has 1 unspecified atom stereocenters. The van der Waals surface area contributed by atoms with Crippen molar-refractivity contribution in [3.63, 3.8) is 0 Å². The first-order chi connectivity index (χ1) is 17.3. The minimum Gasteiger partial charge on any atom is -0.463 e. The lowest BCUT2D eigenvalue weighted by Crippen LogP contribution is -2.24. The van der Waals surface area contributed by atoms with E-state index in [4.69, 9.17) is 37.9 Å². The van der Waals surface area contributed by atoms with Gasteiger partial charge in [-0.05, 0) is 25.7 Å². The number of rotatable bonds is 26. The second kappa shape index (κ2) is 26.3. The number of hydrogen-bond acceptors (Lipinski definition) is 9. The van der Waals surface area contributed by atoms with Gasteiger partial charge in [0.25, 0.3) is 0 Å². The molecule has 0 radical (unpaired) electrons. The van der Waals surface area contributed by atoms with E-state index in [0.717, 1.165) is 32.3 Å². The zero-order chi connectivity index (χ0) is 25.1. The quantitative estimate of drug-likeness (QED) is 0.128. The molecule has 0 aromatic heterocycles. The molecular weight excluding hydrogens is 456 g/mol. The van der Waals surface area contributed by atoms with Gasteiger partial charge in [0.1, 0.15) is 6.61 Å². The topological polar surface area (TPSA) is 90.9 Å². The number of ether oxygens (including phenoxy) is 8. The fourth-order valence-electron chi connectivity index (χ4n) is 3.40. The summed E-state index contributed by atoms with van der Waals surface area (Å²) in [5, 5.41) is 0. The van der Waals surface area contributed by atoms with E-state index in [9.17, 15) is 4.79 Å². The van der Waals surface area contributed by atoms with Crippen LogP contribution in [0.2, 0.25) is 0 Å². The number of esters is 1. The lowest BCUT2D eigenvalue weighted by Gasteiger charge is -2.22. The Morgan fingerprint density at radius 2 is 1.17 bits per heavy atom. The van der Waals surface area contributed by atoms with E-state index in [2.05, 4.69) is 6.92 Å². The van der Waals surface area contributed by atoms with Gasteiger partial charge in [-0.3, -0.25) is 4.79 Å². The van der Waals surface area contributed by atoms with Crippen LogP contribution in [-0.2, 0) is 42.7 Å². The van der Waals surface area contributed by atoms with Crippen molar-refractivity contribution in [1.82, 2.24) is 0 Å². The Bertz CT molecular complexity index is 445. The third kappa shape index (κ3) is 23.3. The number of carbonyl (C=O) groups excluding carboxylic acids is 1. The maximum Gasteiger partial charge on any atom is 0.305 e. The van der Waals surface area contributed by atoms with Crippen molar-refractivity contribution >= 4 is 5.97 Å². The highest BCUT2D eigenvalue weighted by molar-refractivity contribution is 5.69. The first kappa shape index (κ1) is 32.2. The summed E-state index contributed by atoms with van der Waals surface area (Å²) in [7, 11) is 0. The van der Waals surface area contributed by atoms with E-state index in [1.807, 2.05) is 0 Å². The van der Waals surface area contributed by atoms with Crippen LogP contribution in [-0.4, -0.2) is 98.1 Å². The molecule has 1 fully saturated rings. The second-order valence-corrected chi connectivity index (χ2v) is 8.47. The minimum atomic E-state index is -0.135. The van der Waals surface area contributed by atoms with Gasteiger partial charge < -0.3 is 37.9 Å². The third-order valence-electron chi connectivity index (χ3n) is 5.38. The van der Waals surface area contributed by atoms with E-state index in [1.54, 1.807) is 0 Å². The van der Waals surface area contributed by atoms with Gasteiger partial charge in [0.2, 0.25) is 0 Å². The van der Waals surface area contributed by atoms with Crippen molar-refractivity contribution in [1.29, 1.82) is 0 Å². The van der Waals surface area contributed by atoms with Crippen LogP contribution in [0.15, 0.2) is 0 Å². The van der Waals surface area contributed by atoms with Gasteiger partial charge in [-0.25, -0.2) is 0 Å². The van der Waals surface area contributed by atoms with E-state index < -0.39 is 0 Å². The van der Waals surface area contributed by atoms with Crippen LogP contribution < -0.4 is 0 Å². The number of unbranched alkanes of at least 4 members (excludes halogenated alkanes) is 5. The molecular formula is C26H50O9. The fraction of sp³-hybridized carbons (Fsp3) is 0.962. The molecule has 0 aliphatic carbocycles. The van der Waals surface area contributed by atoms with Crippen LogP contribution in [0.5, 0.6) is 0 Å². The molecule has 9 nitrogen and oxygen atoms in total. The van der Waals surface area contributed by atoms with Crippen LogP contribution >= 0.6 is 0 Å². The average Bonchev–Trinajstić information content (AvgIpc) is 2.88.